The number of aryl methyl sites for hydroxylation is 1. The van der Waals surface area contributed by atoms with Gasteiger partial charge in [0, 0.05) is 41.9 Å². The van der Waals surface area contributed by atoms with Crippen LogP contribution in [-0.4, -0.2) is 24.1 Å². The highest BCUT2D eigenvalue weighted by atomic mass is 35.5. The monoisotopic (exact) mass is 372 g/mol. The fourth-order valence-corrected chi connectivity index (χ4v) is 2.63. The van der Waals surface area contributed by atoms with Gasteiger partial charge in [0.15, 0.2) is 5.78 Å². The van der Waals surface area contributed by atoms with Gasteiger partial charge in [0.05, 0.1) is 0 Å². The van der Waals surface area contributed by atoms with Crippen LogP contribution < -0.4 is 10.2 Å². The number of anilines is 2. The maximum absolute atomic E-state index is 12.2. The number of halogens is 1. The van der Waals surface area contributed by atoms with Gasteiger partial charge in [-0.1, -0.05) is 17.7 Å². The molecule has 0 saturated carbocycles. The van der Waals surface area contributed by atoms with E-state index in [-0.39, 0.29) is 30.6 Å². The molecule has 0 aliphatic rings. The minimum absolute atomic E-state index is 0.0398. The van der Waals surface area contributed by atoms with Crippen molar-refractivity contribution in [3.8, 4) is 0 Å². The first-order valence-electron chi connectivity index (χ1n) is 8.23. The van der Waals surface area contributed by atoms with Crippen LogP contribution in [0.3, 0.4) is 0 Å². The van der Waals surface area contributed by atoms with Crippen molar-refractivity contribution in [3.63, 3.8) is 0 Å². The van der Waals surface area contributed by atoms with E-state index in [1.165, 1.54) is 18.7 Å². The first kappa shape index (κ1) is 19.7. The molecule has 6 heteroatoms. The highest BCUT2D eigenvalue weighted by Gasteiger charge is 2.14. The van der Waals surface area contributed by atoms with Crippen molar-refractivity contribution < 1.29 is 14.4 Å². The number of hydrogen-bond acceptors (Lipinski definition) is 3. The Morgan fingerprint density at radius 3 is 2.23 bits per heavy atom. The van der Waals surface area contributed by atoms with Gasteiger partial charge in [-0.15, -0.1) is 0 Å². The minimum atomic E-state index is -0.212. The summed E-state index contributed by atoms with van der Waals surface area (Å²) in [5.74, 6) is -0.426. The molecule has 0 aromatic heterocycles. The summed E-state index contributed by atoms with van der Waals surface area (Å²) in [6.07, 6.45) is 0.138. The van der Waals surface area contributed by atoms with Crippen molar-refractivity contribution in [2.45, 2.75) is 27.2 Å². The van der Waals surface area contributed by atoms with Crippen molar-refractivity contribution >= 4 is 40.6 Å². The molecule has 136 valence electrons. The van der Waals surface area contributed by atoms with E-state index in [1.54, 1.807) is 36.4 Å². The number of carbonyl (C=O) groups is 3. The zero-order valence-electron chi connectivity index (χ0n) is 15.0. The van der Waals surface area contributed by atoms with Crippen LogP contribution in [0.5, 0.6) is 0 Å². The summed E-state index contributed by atoms with van der Waals surface area (Å²) in [5.41, 5.74) is 2.77. The molecule has 0 aliphatic carbocycles. The molecule has 2 amide bonds. The second-order valence-corrected chi connectivity index (χ2v) is 6.44. The Kier molecular flexibility index (Phi) is 6.52. The summed E-state index contributed by atoms with van der Waals surface area (Å²) in [5, 5.41) is 3.36. The third-order valence-corrected chi connectivity index (χ3v) is 4.39. The Labute approximate surface area is 158 Å². The zero-order chi connectivity index (χ0) is 19.3. The molecule has 5 nitrogen and oxygen atoms in total. The molecule has 2 aromatic rings. The van der Waals surface area contributed by atoms with Crippen molar-refractivity contribution in [1.29, 1.82) is 0 Å². The van der Waals surface area contributed by atoms with Crippen molar-refractivity contribution in [1.82, 2.24) is 0 Å². The molecule has 0 unspecified atom stereocenters. The fraction of sp³-hybridized carbons (Fsp3) is 0.250. The molecule has 0 atom stereocenters. The standard InChI is InChI=1S/C20H21ClN2O3/c1-13-4-7-17(12-19(13)21)22-20(26)10-11-23(15(3)25)18-8-5-16(6-9-18)14(2)24/h4-9,12H,10-11H2,1-3H3,(H,22,26). The highest BCUT2D eigenvalue weighted by molar-refractivity contribution is 6.31. The molecule has 2 rings (SSSR count). The van der Waals surface area contributed by atoms with E-state index in [9.17, 15) is 14.4 Å². The molecule has 0 aliphatic heterocycles. The van der Waals surface area contributed by atoms with Gasteiger partial charge in [-0.3, -0.25) is 14.4 Å². The number of amides is 2. The van der Waals surface area contributed by atoms with Gasteiger partial charge < -0.3 is 10.2 Å². The lowest BCUT2D eigenvalue weighted by molar-refractivity contribution is -0.117. The molecule has 0 spiro atoms. The number of rotatable bonds is 6. The van der Waals surface area contributed by atoms with Crippen molar-refractivity contribution in [2.75, 3.05) is 16.8 Å². The number of ketones is 1. The second-order valence-electron chi connectivity index (χ2n) is 6.04. The first-order chi connectivity index (χ1) is 12.3. The van der Waals surface area contributed by atoms with Gasteiger partial charge in [0.25, 0.3) is 0 Å². The molecule has 0 saturated heterocycles. The van der Waals surface area contributed by atoms with Crippen LogP contribution in [0.15, 0.2) is 42.5 Å². The third-order valence-electron chi connectivity index (χ3n) is 3.98. The quantitative estimate of drug-likeness (QED) is 0.771. The summed E-state index contributed by atoms with van der Waals surface area (Å²) < 4.78 is 0. The Morgan fingerprint density at radius 1 is 1.04 bits per heavy atom. The number of benzene rings is 2. The summed E-state index contributed by atoms with van der Waals surface area (Å²) in [6.45, 7) is 5.05. The molecule has 0 radical (unpaired) electrons. The Hall–Kier alpha value is -2.66. The largest absolute Gasteiger partial charge is 0.326 e. The molecule has 2 aromatic carbocycles. The zero-order valence-corrected chi connectivity index (χ0v) is 15.8. The summed E-state index contributed by atoms with van der Waals surface area (Å²) in [7, 11) is 0. The number of nitrogens with zero attached hydrogens (tertiary/aromatic N) is 1. The maximum Gasteiger partial charge on any atom is 0.226 e. The molecule has 26 heavy (non-hydrogen) atoms. The van der Waals surface area contributed by atoms with Crippen molar-refractivity contribution in [2.24, 2.45) is 0 Å². The SMILES string of the molecule is CC(=O)c1ccc(N(CCC(=O)Nc2ccc(C)c(Cl)c2)C(C)=O)cc1. The molecule has 0 heterocycles. The van der Waals surface area contributed by atoms with E-state index in [4.69, 9.17) is 11.6 Å². The summed E-state index contributed by atoms with van der Waals surface area (Å²) in [6, 6.07) is 12.0. The lowest BCUT2D eigenvalue weighted by Crippen LogP contribution is -2.32. The van der Waals surface area contributed by atoms with Gasteiger partial charge in [0.2, 0.25) is 11.8 Å². The average Bonchev–Trinajstić information content (AvgIpc) is 2.58. The van der Waals surface area contributed by atoms with Gasteiger partial charge in [-0.2, -0.15) is 0 Å². The van der Waals surface area contributed by atoms with Gasteiger partial charge in [-0.25, -0.2) is 0 Å². The van der Waals surface area contributed by atoms with Crippen LogP contribution in [0.2, 0.25) is 5.02 Å². The Bertz CT molecular complexity index is 831. The van der Waals surface area contributed by atoms with Crippen molar-refractivity contribution in [3.05, 3.63) is 58.6 Å². The highest BCUT2D eigenvalue weighted by Crippen LogP contribution is 2.20. The lowest BCUT2D eigenvalue weighted by Gasteiger charge is -2.21. The van der Waals surface area contributed by atoms with Crippen LogP contribution in [-0.2, 0) is 9.59 Å². The topological polar surface area (TPSA) is 66.5 Å². The molecule has 1 N–H and O–H groups in total. The minimum Gasteiger partial charge on any atom is -0.326 e. The Morgan fingerprint density at radius 2 is 1.69 bits per heavy atom. The maximum atomic E-state index is 12.2. The van der Waals surface area contributed by atoms with E-state index in [0.29, 0.717) is 22.0 Å². The smallest absolute Gasteiger partial charge is 0.226 e. The third kappa shape index (κ3) is 5.17. The van der Waals surface area contributed by atoms with E-state index in [1.807, 2.05) is 13.0 Å². The number of Topliss-reactive ketones (excluding diaryl/α,β-unsaturated/α-hetero) is 1. The second kappa shape index (κ2) is 8.63. The lowest BCUT2D eigenvalue weighted by atomic mass is 10.1. The average molecular weight is 373 g/mol. The van der Waals surface area contributed by atoms with Crippen LogP contribution in [0.4, 0.5) is 11.4 Å². The van der Waals surface area contributed by atoms with Gasteiger partial charge >= 0.3 is 0 Å². The summed E-state index contributed by atoms with van der Waals surface area (Å²) in [4.78, 5) is 37.0. The fourth-order valence-electron chi connectivity index (χ4n) is 2.45. The van der Waals surface area contributed by atoms with Crippen LogP contribution in [0.25, 0.3) is 0 Å². The van der Waals surface area contributed by atoms with Gasteiger partial charge in [0.1, 0.15) is 0 Å². The predicted molar refractivity (Wildman–Crippen MR) is 104 cm³/mol. The molecule has 0 fully saturated rings. The first-order valence-corrected chi connectivity index (χ1v) is 8.61. The predicted octanol–water partition coefficient (Wildman–Crippen LogP) is 4.23. The summed E-state index contributed by atoms with van der Waals surface area (Å²) >= 11 is 6.05. The number of nitrogens with one attached hydrogen (secondary N) is 1. The van der Waals surface area contributed by atoms with E-state index < -0.39 is 0 Å². The molecular weight excluding hydrogens is 352 g/mol. The Balaban J connectivity index is 2.01. The normalized spacial score (nSPS) is 10.3. The van der Waals surface area contributed by atoms with Crippen LogP contribution in [0.1, 0.15) is 36.2 Å². The molecule has 0 bridgehead atoms. The van der Waals surface area contributed by atoms with Gasteiger partial charge in [-0.05, 0) is 55.8 Å². The number of hydrogen-bond donors (Lipinski definition) is 1. The van der Waals surface area contributed by atoms with Crippen LogP contribution in [0, 0.1) is 6.92 Å². The van der Waals surface area contributed by atoms with E-state index in [2.05, 4.69) is 5.32 Å². The van der Waals surface area contributed by atoms with Crippen LogP contribution >= 0.6 is 11.6 Å². The van der Waals surface area contributed by atoms with E-state index >= 15 is 0 Å². The molecular formula is C20H21ClN2O3. The van der Waals surface area contributed by atoms with E-state index in [0.717, 1.165) is 5.56 Å². The number of carbonyl (C=O) groups excluding carboxylic acids is 3.